The lowest BCUT2D eigenvalue weighted by atomic mass is 10.1. The number of amides is 1. The number of carbonyl (C=O) groups is 2. The zero-order chi connectivity index (χ0) is 22.1. The number of nitrogens with zero attached hydrogens (tertiary/aromatic N) is 5. The van der Waals surface area contributed by atoms with Crippen LogP contribution in [0.3, 0.4) is 0 Å². The van der Waals surface area contributed by atoms with Gasteiger partial charge in [-0.25, -0.2) is 0 Å². The van der Waals surface area contributed by atoms with Gasteiger partial charge < -0.3 is 14.0 Å². The fourth-order valence-corrected chi connectivity index (χ4v) is 3.82. The number of piperazine rings is 1. The first kappa shape index (κ1) is 21.0. The van der Waals surface area contributed by atoms with Crippen LogP contribution < -0.4 is 0 Å². The van der Waals surface area contributed by atoms with E-state index in [9.17, 15) is 9.59 Å². The van der Waals surface area contributed by atoms with E-state index in [1.54, 1.807) is 23.9 Å². The normalized spacial score (nSPS) is 15.8. The molecule has 1 saturated heterocycles. The van der Waals surface area contributed by atoms with Gasteiger partial charge in [-0.05, 0) is 26.8 Å². The molecule has 1 aliphatic heterocycles. The molecular weight excluding hydrogens is 394 g/mol. The molecule has 2 aromatic heterocycles. The summed E-state index contributed by atoms with van der Waals surface area (Å²) in [7, 11) is 1.79. The summed E-state index contributed by atoms with van der Waals surface area (Å²) in [6, 6.07) is 9.66. The number of rotatable bonds is 5. The van der Waals surface area contributed by atoms with E-state index in [-0.39, 0.29) is 17.7 Å². The predicted octanol–water partition coefficient (Wildman–Crippen LogP) is 3.11. The molecule has 3 aromatic rings. The van der Waals surface area contributed by atoms with Crippen LogP contribution in [0, 0.1) is 6.92 Å². The van der Waals surface area contributed by atoms with Crippen LogP contribution >= 0.6 is 0 Å². The molecule has 8 nitrogen and oxygen atoms in total. The van der Waals surface area contributed by atoms with Crippen LogP contribution in [0.1, 0.15) is 52.2 Å². The number of carbonyl (C=O) groups excluding carboxylic acids is 2. The number of benzene rings is 1. The monoisotopic (exact) mass is 421 g/mol. The molecule has 0 bridgehead atoms. The number of Topliss-reactive ketones (excluding diaryl/α,β-unsaturated/α-hetero) is 1. The lowest BCUT2D eigenvalue weighted by molar-refractivity contribution is 0.0543. The fourth-order valence-electron chi connectivity index (χ4n) is 3.82. The highest BCUT2D eigenvalue weighted by Crippen LogP contribution is 2.24. The first-order valence-electron chi connectivity index (χ1n) is 10.4. The molecule has 0 spiro atoms. The van der Waals surface area contributed by atoms with Crippen molar-refractivity contribution in [3.8, 4) is 11.4 Å². The topological polar surface area (TPSA) is 84.5 Å². The van der Waals surface area contributed by atoms with Crippen molar-refractivity contribution in [2.45, 2.75) is 26.8 Å². The molecule has 1 aromatic carbocycles. The first-order valence-corrected chi connectivity index (χ1v) is 10.4. The quantitative estimate of drug-likeness (QED) is 0.589. The van der Waals surface area contributed by atoms with Crippen LogP contribution in [0.25, 0.3) is 11.4 Å². The van der Waals surface area contributed by atoms with Gasteiger partial charge in [0.1, 0.15) is 5.69 Å². The van der Waals surface area contributed by atoms with E-state index in [1.807, 2.05) is 43.0 Å². The van der Waals surface area contributed by atoms with Crippen LogP contribution in [-0.4, -0.2) is 62.4 Å². The van der Waals surface area contributed by atoms with Gasteiger partial charge in [0.05, 0.1) is 6.04 Å². The predicted molar refractivity (Wildman–Crippen MR) is 116 cm³/mol. The van der Waals surface area contributed by atoms with E-state index >= 15 is 0 Å². The molecule has 0 saturated carbocycles. The zero-order valence-corrected chi connectivity index (χ0v) is 18.3. The van der Waals surface area contributed by atoms with E-state index in [2.05, 4.69) is 15.0 Å². The maximum atomic E-state index is 12.9. The minimum Gasteiger partial charge on any atom is -0.346 e. The molecule has 0 aliphatic carbocycles. The highest BCUT2D eigenvalue weighted by molar-refractivity contribution is 5.99. The first-order chi connectivity index (χ1) is 14.8. The van der Waals surface area contributed by atoms with Crippen LogP contribution in [0.2, 0.25) is 0 Å². The average Bonchev–Trinajstić information content (AvgIpc) is 3.41. The minimum absolute atomic E-state index is 0.0386. The van der Waals surface area contributed by atoms with Crippen molar-refractivity contribution in [3.63, 3.8) is 0 Å². The van der Waals surface area contributed by atoms with Gasteiger partial charge in [-0.15, -0.1) is 0 Å². The van der Waals surface area contributed by atoms with Crippen molar-refractivity contribution in [1.29, 1.82) is 0 Å². The summed E-state index contributed by atoms with van der Waals surface area (Å²) < 4.78 is 7.25. The van der Waals surface area contributed by atoms with Gasteiger partial charge in [-0.1, -0.05) is 35.0 Å². The van der Waals surface area contributed by atoms with Crippen LogP contribution in [0.4, 0.5) is 0 Å². The molecule has 4 rings (SSSR count). The largest absolute Gasteiger partial charge is 0.346 e. The Balaban J connectivity index is 1.39. The number of hydrogen-bond acceptors (Lipinski definition) is 6. The summed E-state index contributed by atoms with van der Waals surface area (Å²) in [5.74, 6) is 1.06. The number of aryl methyl sites for hydroxylation is 2. The Morgan fingerprint density at radius 3 is 2.39 bits per heavy atom. The third-order valence-corrected chi connectivity index (χ3v) is 5.89. The molecule has 1 atom stereocenters. The van der Waals surface area contributed by atoms with E-state index in [0.717, 1.165) is 5.56 Å². The average molecular weight is 422 g/mol. The van der Waals surface area contributed by atoms with Crippen LogP contribution in [0.15, 0.2) is 41.1 Å². The number of ketones is 1. The van der Waals surface area contributed by atoms with E-state index in [4.69, 9.17) is 4.52 Å². The molecule has 0 N–H and O–H groups in total. The zero-order valence-electron chi connectivity index (χ0n) is 18.3. The smallest absolute Gasteiger partial charge is 0.270 e. The van der Waals surface area contributed by atoms with Crippen molar-refractivity contribution < 1.29 is 14.1 Å². The molecule has 3 heterocycles. The van der Waals surface area contributed by atoms with Gasteiger partial charge in [0.2, 0.25) is 11.7 Å². The highest BCUT2D eigenvalue weighted by Gasteiger charge is 2.29. The summed E-state index contributed by atoms with van der Waals surface area (Å²) in [5, 5.41) is 4.13. The SMILES string of the molecule is CC(=O)c1cc(C(=O)N2CCN(C(C)c3nc(-c4ccc(C)cc4)no3)CC2)n(C)c1. The van der Waals surface area contributed by atoms with Crippen molar-refractivity contribution >= 4 is 11.7 Å². The van der Waals surface area contributed by atoms with E-state index in [1.165, 1.54) is 12.5 Å². The third-order valence-electron chi connectivity index (χ3n) is 5.89. The molecule has 162 valence electrons. The fraction of sp³-hybridized carbons (Fsp3) is 0.391. The van der Waals surface area contributed by atoms with Crippen molar-refractivity contribution in [2.75, 3.05) is 26.2 Å². The molecule has 31 heavy (non-hydrogen) atoms. The summed E-state index contributed by atoms with van der Waals surface area (Å²) >= 11 is 0. The molecule has 1 unspecified atom stereocenters. The Morgan fingerprint density at radius 2 is 1.77 bits per heavy atom. The molecule has 8 heteroatoms. The lowest BCUT2D eigenvalue weighted by Gasteiger charge is -2.36. The standard InChI is InChI=1S/C23H27N5O3/c1-15-5-7-18(8-6-15)21-24-22(31-25-21)16(2)27-9-11-28(12-10-27)23(30)20-13-19(17(3)29)14-26(20)4/h5-8,13-14,16H,9-12H2,1-4H3. The second kappa shape index (κ2) is 8.47. The molecule has 1 aliphatic rings. The van der Waals surface area contributed by atoms with Crippen LogP contribution in [-0.2, 0) is 7.05 Å². The Morgan fingerprint density at radius 1 is 1.10 bits per heavy atom. The van der Waals surface area contributed by atoms with E-state index < -0.39 is 0 Å². The van der Waals surface area contributed by atoms with Gasteiger partial charge in [-0.2, -0.15) is 4.98 Å². The Hall–Kier alpha value is -3.26. The van der Waals surface area contributed by atoms with Gasteiger partial charge >= 0.3 is 0 Å². The Labute approximate surface area is 181 Å². The minimum atomic E-state index is -0.0539. The van der Waals surface area contributed by atoms with Gasteiger partial charge in [-0.3, -0.25) is 14.5 Å². The third kappa shape index (κ3) is 4.29. The lowest BCUT2D eigenvalue weighted by Crippen LogP contribution is -2.49. The van der Waals surface area contributed by atoms with Gasteiger partial charge in [0, 0.05) is 50.6 Å². The van der Waals surface area contributed by atoms with E-state index in [0.29, 0.717) is 49.2 Å². The van der Waals surface area contributed by atoms with Crippen molar-refractivity contribution in [1.82, 2.24) is 24.5 Å². The van der Waals surface area contributed by atoms with Crippen molar-refractivity contribution in [2.24, 2.45) is 7.05 Å². The Kier molecular flexibility index (Phi) is 5.73. The summed E-state index contributed by atoms with van der Waals surface area (Å²) in [4.78, 5) is 33.2. The van der Waals surface area contributed by atoms with Crippen molar-refractivity contribution in [3.05, 3.63) is 59.2 Å². The second-order valence-electron chi connectivity index (χ2n) is 8.11. The molecule has 1 amide bonds. The Bertz CT molecular complexity index is 1090. The highest BCUT2D eigenvalue weighted by atomic mass is 16.5. The second-order valence-corrected chi connectivity index (χ2v) is 8.11. The summed E-state index contributed by atoms with van der Waals surface area (Å²) in [6.45, 7) is 8.20. The summed E-state index contributed by atoms with van der Waals surface area (Å²) in [5.41, 5.74) is 3.20. The number of aromatic nitrogens is 3. The number of hydrogen-bond donors (Lipinski definition) is 0. The van der Waals surface area contributed by atoms with Crippen LogP contribution in [0.5, 0.6) is 0 Å². The van der Waals surface area contributed by atoms with Gasteiger partial charge in [0.15, 0.2) is 5.78 Å². The maximum Gasteiger partial charge on any atom is 0.270 e. The molecular formula is C23H27N5O3. The maximum absolute atomic E-state index is 12.9. The summed E-state index contributed by atoms with van der Waals surface area (Å²) in [6.07, 6.45) is 1.70. The van der Waals surface area contributed by atoms with Gasteiger partial charge in [0.25, 0.3) is 5.91 Å². The molecule has 1 fully saturated rings. The molecule has 0 radical (unpaired) electrons.